The maximum absolute atomic E-state index is 11.0. The molecule has 0 saturated carbocycles. The number of carbonyl (C=O) groups is 2. The number of anilines is 2. The van der Waals surface area contributed by atoms with Crippen LogP contribution in [-0.2, 0) is 64.0 Å². The fourth-order valence-electron chi connectivity index (χ4n) is 4.59. The number of rotatable bonds is 2. The zero-order valence-corrected chi connectivity index (χ0v) is 34.3. The van der Waals surface area contributed by atoms with Gasteiger partial charge in [-0.3, -0.25) is 16.4 Å². The fourth-order valence-corrected chi connectivity index (χ4v) is 4.59. The molecule has 4 aromatic carbocycles. The third-order valence-electron chi connectivity index (χ3n) is 6.47. The number of fused-ring (bicyclic) bond motifs is 2. The Kier molecular flexibility index (Phi) is 46.0. The molecule has 0 aromatic heterocycles. The summed E-state index contributed by atoms with van der Waals surface area (Å²) in [5.74, 6) is -0.455. The molecule has 0 amide bonds. The Labute approximate surface area is 347 Å². The monoisotopic (exact) mass is 769 g/mol. The van der Waals surface area contributed by atoms with Crippen molar-refractivity contribution in [3.63, 3.8) is 0 Å². The van der Waals surface area contributed by atoms with E-state index in [1.807, 2.05) is 62.4 Å². The summed E-state index contributed by atoms with van der Waals surface area (Å²) in [4.78, 5) is 68.8. The van der Waals surface area contributed by atoms with E-state index in [1.54, 1.807) is 0 Å². The van der Waals surface area contributed by atoms with Crippen LogP contribution in [-0.4, -0.2) is 49.2 Å². The van der Waals surface area contributed by atoms with Crippen molar-refractivity contribution in [3.8, 4) is 0 Å². The Morgan fingerprint density at radius 1 is 0.667 bits per heavy atom. The molecule has 4 N–H and O–H groups in total. The summed E-state index contributed by atoms with van der Waals surface area (Å²) in [6.07, 6.45) is 6.64. The number of nitrogen functional groups attached to an aromatic ring is 1. The normalized spacial score (nSPS) is 11.4. The molecule has 54 heavy (non-hydrogen) atoms. The van der Waals surface area contributed by atoms with Gasteiger partial charge in [-0.25, -0.2) is 0 Å². The molecule has 0 aliphatic heterocycles. The summed E-state index contributed by atoms with van der Waals surface area (Å²) < 4.78 is 0. The van der Waals surface area contributed by atoms with Crippen LogP contribution in [0.5, 0.6) is 0 Å². The van der Waals surface area contributed by atoms with Gasteiger partial charge < -0.3 is 24.0 Å². The number of Topliss-reactive ketones (excluding diaryl/α,β-unsaturated/α-hetero) is 1. The number of halogens is 1. The van der Waals surface area contributed by atoms with E-state index in [-0.39, 0.29) is 60.4 Å². The molecule has 6 rings (SSSR count). The van der Waals surface area contributed by atoms with Crippen molar-refractivity contribution in [2.45, 2.75) is 72.2 Å². The van der Waals surface area contributed by atoms with Crippen LogP contribution >= 0.6 is 12.4 Å². The molecule has 1 unspecified atom stereocenters. The molecule has 0 heterocycles. The Hall–Kier alpha value is -4.89. The van der Waals surface area contributed by atoms with Gasteiger partial charge in [0.05, 0.1) is 0 Å². The number of carbonyl (C=O) groups excluding carboxylic acids is 7. The van der Waals surface area contributed by atoms with E-state index in [4.69, 9.17) is 44.4 Å². The van der Waals surface area contributed by atoms with E-state index in [2.05, 4.69) is 73.8 Å². The van der Waals surface area contributed by atoms with Crippen LogP contribution in [0.15, 0.2) is 109 Å². The predicted molar refractivity (Wildman–Crippen MR) is 205 cm³/mol. The number of benzene rings is 4. The van der Waals surface area contributed by atoms with Crippen molar-refractivity contribution in [1.82, 2.24) is 0 Å². The smallest absolute Gasteiger partial charge is 0.631 e. The van der Waals surface area contributed by atoms with Gasteiger partial charge in [0, 0.05) is 37.2 Å². The van der Waals surface area contributed by atoms with E-state index in [0.717, 1.165) is 31.9 Å². The quantitative estimate of drug-likeness (QED) is 0.199. The number of aliphatic carboxylic acids is 1. The van der Waals surface area contributed by atoms with Crippen LogP contribution in [0.1, 0.15) is 55.9 Å². The first kappa shape index (κ1) is 58.4. The maximum atomic E-state index is 11.0. The average Bonchev–Trinajstić information content (AvgIpc) is 3.15. The number of hydrogen-bond acceptors (Lipinski definition) is 10. The molecule has 0 spiro atoms. The van der Waals surface area contributed by atoms with E-state index < -0.39 is 5.97 Å². The molecule has 283 valence electrons. The fraction of sp³-hybridized carbons (Fsp3) is 0.275. The molecule has 3 radical (unpaired) electrons. The van der Waals surface area contributed by atoms with Gasteiger partial charge in [-0.15, -0.1) is 12.4 Å². The van der Waals surface area contributed by atoms with Crippen molar-refractivity contribution in [2.24, 2.45) is 0 Å². The molecule has 0 bridgehead atoms. The summed E-state index contributed by atoms with van der Waals surface area (Å²) in [5, 5.41) is 11.0. The van der Waals surface area contributed by atoms with Gasteiger partial charge in [-0.05, 0) is 72.2 Å². The standard InChI is InChI=1S/C16H17N.C10H10O.C6H7N.C2H4O2.C2H6.CH3B.3CO2.ClH.Na/c1-2-8-15(9-3-1)17-16-11-10-13-6-4-5-7-14(13)12-16;11-10-6-5-8-3-1-2-4-9(8)7-10;7-6-4-2-1-3-5-6;1-2(3)4;2*1-2;3*2-1-3;;/h1-9,16-17H,10-12H2;1-4H,5-7H2;1-5H,7H2;1H3,(H,3,4);1-2H3;1H3;;;;1H;/q;;;;;-1;;;;;+1. The van der Waals surface area contributed by atoms with Crippen molar-refractivity contribution in [3.05, 3.63) is 131 Å². The Bertz CT molecular complexity index is 1580. The van der Waals surface area contributed by atoms with Crippen LogP contribution in [0, 0.1) is 0 Å². The van der Waals surface area contributed by atoms with Crippen LogP contribution in [0.4, 0.5) is 11.4 Å². The van der Waals surface area contributed by atoms with Gasteiger partial charge in [-0.2, -0.15) is 28.8 Å². The first-order valence-corrected chi connectivity index (χ1v) is 16.2. The van der Waals surface area contributed by atoms with Gasteiger partial charge in [0.25, 0.3) is 5.97 Å². The summed E-state index contributed by atoms with van der Waals surface area (Å²) in [5.41, 5.74) is 13.0. The average molecular weight is 770 g/mol. The van der Waals surface area contributed by atoms with E-state index in [1.165, 1.54) is 47.6 Å². The van der Waals surface area contributed by atoms with Gasteiger partial charge >= 0.3 is 48.0 Å². The number of nitrogens with one attached hydrogen (secondary N) is 1. The molecule has 0 saturated heterocycles. The minimum absolute atomic E-state index is 0. The zero-order chi connectivity index (χ0) is 40.0. The van der Waals surface area contributed by atoms with Crippen LogP contribution < -0.4 is 40.6 Å². The Morgan fingerprint density at radius 3 is 1.43 bits per heavy atom. The molecule has 1 atom stereocenters. The predicted octanol–water partition coefficient (Wildman–Crippen LogP) is 3.66. The summed E-state index contributed by atoms with van der Waals surface area (Å²) in [7, 11) is 4.50. The summed E-state index contributed by atoms with van der Waals surface area (Å²) in [6, 6.07) is 37.6. The number of nitrogens with two attached hydrogens (primary N) is 1. The molecular weight excluding hydrogens is 722 g/mol. The number of aryl methyl sites for hydroxylation is 2. The van der Waals surface area contributed by atoms with Gasteiger partial charge in [-0.1, -0.05) is 98.8 Å². The number of ketones is 1. The number of carboxylic acids is 1. The maximum Gasteiger partial charge on any atom is 1.00 e. The van der Waals surface area contributed by atoms with Crippen LogP contribution in [0.25, 0.3) is 0 Å². The number of hydrogen-bond donors (Lipinski definition) is 3. The minimum Gasteiger partial charge on any atom is -0.631 e. The van der Waals surface area contributed by atoms with Crippen molar-refractivity contribution in [2.75, 3.05) is 11.1 Å². The summed E-state index contributed by atoms with van der Waals surface area (Å²) >= 11 is 0. The van der Waals surface area contributed by atoms with Crippen LogP contribution in [0.2, 0.25) is 6.82 Å². The van der Waals surface area contributed by atoms with Crippen molar-refractivity contribution >= 4 is 61.8 Å². The number of para-hydroxylation sites is 2. The minimum atomic E-state index is -0.833. The SMILES string of the molecule is CC.CC(=O)O.Cl.Nc1ccccc1.O=C1CCc2ccccc2C1.O=C=O.O=C=O.O=C=O.[B-]C.[Na+].c1ccc(NC2CCc3ccccc3C2)cc1. The summed E-state index contributed by atoms with van der Waals surface area (Å²) in [6.45, 7) is 6.58. The molecule has 11 nitrogen and oxygen atoms in total. The van der Waals surface area contributed by atoms with Gasteiger partial charge in [0.1, 0.15) is 5.78 Å². The second-order valence-corrected chi connectivity index (χ2v) is 9.88. The molecule has 2 aliphatic carbocycles. The first-order valence-electron chi connectivity index (χ1n) is 16.2. The largest absolute Gasteiger partial charge is 1.00 e. The van der Waals surface area contributed by atoms with Crippen molar-refractivity contribution < 1.29 is 73.0 Å². The Balaban J connectivity index is -0.000000189. The molecule has 0 fully saturated rings. The second kappa shape index (κ2) is 42.5. The van der Waals surface area contributed by atoms with Gasteiger partial charge in [0.2, 0.25) is 0 Å². The van der Waals surface area contributed by atoms with E-state index in [9.17, 15) is 4.79 Å². The molecule has 4 aromatic rings. The molecule has 2 aliphatic rings. The van der Waals surface area contributed by atoms with Crippen LogP contribution in [0.3, 0.4) is 0 Å². The third-order valence-corrected chi connectivity index (χ3v) is 6.47. The van der Waals surface area contributed by atoms with Gasteiger partial charge in [0.15, 0.2) is 0 Å². The topological polar surface area (TPSA) is 195 Å². The first-order chi connectivity index (χ1) is 25.1. The third kappa shape index (κ3) is 33.0. The number of carboxylic acid groups (broad SMARTS) is 1. The zero-order valence-electron chi connectivity index (χ0n) is 31.5. The molecular formula is C40H48BClN2NaO9. The van der Waals surface area contributed by atoms with Crippen molar-refractivity contribution in [1.29, 1.82) is 0 Å². The van der Waals surface area contributed by atoms with E-state index >= 15 is 0 Å². The van der Waals surface area contributed by atoms with E-state index in [0.29, 0.717) is 18.2 Å². The molecule has 14 heteroatoms. The second-order valence-electron chi connectivity index (χ2n) is 9.88. The Morgan fingerprint density at radius 2 is 1.02 bits per heavy atom.